The van der Waals surface area contributed by atoms with Gasteiger partial charge in [-0.1, -0.05) is 11.2 Å². The van der Waals surface area contributed by atoms with Crippen LogP contribution in [0.3, 0.4) is 0 Å². The molecule has 0 amide bonds. The number of aromatic nitrogens is 2. The quantitative estimate of drug-likeness (QED) is 0.728. The highest BCUT2D eigenvalue weighted by molar-refractivity contribution is 5.62. The molecule has 0 aromatic carbocycles. The summed E-state index contributed by atoms with van der Waals surface area (Å²) in [5, 5.41) is 7.22. The van der Waals surface area contributed by atoms with E-state index in [2.05, 4.69) is 21.5 Å². The maximum Gasteiger partial charge on any atom is 0.253 e. The van der Waals surface area contributed by atoms with E-state index in [0.717, 1.165) is 19.4 Å². The molecular formula is C10H13N3O. The zero-order valence-electron chi connectivity index (χ0n) is 7.99. The Bertz CT molecular complexity index is 349. The van der Waals surface area contributed by atoms with Crippen molar-refractivity contribution in [2.24, 2.45) is 0 Å². The van der Waals surface area contributed by atoms with E-state index in [0.29, 0.717) is 11.4 Å². The van der Waals surface area contributed by atoms with Gasteiger partial charge in [0, 0.05) is 11.1 Å². The molecule has 1 N–H and O–H groups in total. The molecule has 1 aliphatic carbocycles. The monoisotopic (exact) mass is 191 g/mol. The van der Waals surface area contributed by atoms with Crippen molar-refractivity contribution < 1.29 is 4.52 Å². The van der Waals surface area contributed by atoms with Gasteiger partial charge in [0.1, 0.15) is 0 Å². The molecule has 4 heteroatoms. The number of nitrogens with zero attached hydrogens (tertiary/aromatic N) is 2. The maximum absolute atomic E-state index is 5.06. The van der Waals surface area contributed by atoms with Crippen molar-refractivity contribution in [2.75, 3.05) is 6.54 Å². The first-order valence-corrected chi connectivity index (χ1v) is 5.09. The Kier molecular flexibility index (Phi) is 1.70. The van der Waals surface area contributed by atoms with Crippen LogP contribution in [0.15, 0.2) is 16.9 Å². The van der Waals surface area contributed by atoms with Crippen LogP contribution in [0.25, 0.3) is 5.57 Å². The van der Waals surface area contributed by atoms with Crippen molar-refractivity contribution >= 4 is 5.57 Å². The molecule has 1 spiro atoms. The van der Waals surface area contributed by atoms with Crippen LogP contribution in [0, 0.1) is 0 Å². The van der Waals surface area contributed by atoms with Crippen LogP contribution >= 0.6 is 0 Å². The fourth-order valence-corrected chi connectivity index (χ4v) is 2.50. The summed E-state index contributed by atoms with van der Waals surface area (Å²) in [6.45, 7) is 1.14. The molecule has 1 aromatic heterocycles. The average Bonchev–Trinajstić information content (AvgIpc) is 2.91. The molecule has 1 aliphatic heterocycles. The predicted octanol–water partition coefficient (Wildman–Crippen LogP) is 1.37. The molecular weight excluding hydrogens is 178 g/mol. The van der Waals surface area contributed by atoms with Gasteiger partial charge in [-0.25, -0.2) is 0 Å². The van der Waals surface area contributed by atoms with Gasteiger partial charge < -0.3 is 9.84 Å². The molecule has 14 heavy (non-hydrogen) atoms. The lowest BCUT2D eigenvalue weighted by Crippen LogP contribution is -2.36. The number of hydrogen-bond donors (Lipinski definition) is 1. The van der Waals surface area contributed by atoms with Crippen LogP contribution in [-0.4, -0.2) is 22.2 Å². The fourth-order valence-electron chi connectivity index (χ4n) is 2.50. The summed E-state index contributed by atoms with van der Waals surface area (Å²) < 4.78 is 5.06. The fraction of sp³-hybridized carbons (Fsp3) is 0.600. The molecule has 1 aromatic rings. The van der Waals surface area contributed by atoms with E-state index >= 15 is 0 Å². The van der Waals surface area contributed by atoms with E-state index in [1.165, 1.54) is 24.7 Å². The number of hydrogen-bond acceptors (Lipinski definition) is 4. The van der Waals surface area contributed by atoms with Crippen molar-refractivity contribution in [1.29, 1.82) is 0 Å². The Morgan fingerprint density at radius 2 is 2.50 bits per heavy atom. The third kappa shape index (κ3) is 1.18. The SMILES string of the molecule is C1=C(c2ncno2)CC2(C1)CCCN2. The molecule has 2 aliphatic rings. The van der Waals surface area contributed by atoms with Crippen LogP contribution < -0.4 is 5.32 Å². The minimum atomic E-state index is 0.309. The van der Waals surface area contributed by atoms with Gasteiger partial charge in [0.05, 0.1) is 0 Å². The van der Waals surface area contributed by atoms with Gasteiger partial charge in [-0.05, 0) is 32.2 Å². The highest BCUT2D eigenvalue weighted by Crippen LogP contribution is 2.39. The van der Waals surface area contributed by atoms with Gasteiger partial charge in [0.15, 0.2) is 6.33 Å². The first kappa shape index (κ1) is 8.17. The highest BCUT2D eigenvalue weighted by Gasteiger charge is 2.38. The zero-order chi connectivity index (χ0) is 9.43. The summed E-state index contributed by atoms with van der Waals surface area (Å²) >= 11 is 0. The second-order valence-corrected chi connectivity index (χ2v) is 4.17. The normalized spacial score (nSPS) is 31.3. The molecule has 0 radical (unpaired) electrons. The number of rotatable bonds is 1. The maximum atomic E-state index is 5.06. The third-order valence-electron chi connectivity index (χ3n) is 3.24. The Labute approximate surface area is 82.4 Å². The summed E-state index contributed by atoms with van der Waals surface area (Å²) in [6.07, 6.45) is 8.38. The van der Waals surface area contributed by atoms with E-state index in [-0.39, 0.29) is 0 Å². The molecule has 4 nitrogen and oxygen atoms in total. The third-order valence-corrected chi connectivity index (χ3v) is 3.24. The van der Waals surface area contributed by atoms with Crippen molar-refractivity contribution in [3.63, 3.8) is 0 Å². The number of nitrogens with one attached hydrogen (secondary N) is 1. The summed E-state index contributed by atoms with van der Waals surface area (Å²) in [4.78, 5) is 4.08. The summed E-state index contributed by atoms with van der Waals surface area (Å²) in [5.74, 6) is 0.690. The highest BCUT2D eigenvalue weighted by atomic mass is 16.5. The topological polar surface area (TPSA) is 51.0 Å². The molecule has 0 bridgehead atoms. The second-order valence-electron chi connectivity index (χ2n) is 4.17. The Morgan fingerprint density at radius 3 is 3.21 bits per heavy atom. The predicted molar refractivity (Wildman–Crippen MR) is 51.5 cm³/mol. The van der Waals surface area contributed by atoms with Crippen LogP contribution in [0.2, 0.25) is 0 Å². The summed E-state index contributed by atoms with van der Waals surface area (Å²) in [7, 11) is 0. The molecule has 0 saturated carbocycles. The van der Waals surface area contributed by atoms with Crippen LogP contribution in [-0.2, 0) is 0 Å². The Balaban J connectivity index is 1.80. The van der Waals surface area contributed by atoms with Gasteiger partial charge >= 0.3 is 0 Å². The van der Waals surface area contributed by atoms with Crippen molar-refractivity contribution in [1.82, 2.24) is 15.5 Å². The van der Waals surface area contributed by atoms with Crippen molar-refractivity contribution in [3.8, 4) is 0 Å². The molecule has 1 unspecified atom stereocenters. The lowest BCUT2D eigenvalue weighted by molar-refractivity contribution is 0.388. The first-order chi connectivity index (χ1) is 6.88. The second kappa shape index (κ2) is 2.92. The van der Waals surface area contributed by atoms with Crippen molar-refractivity contribution in [2.45, 2.75) is 31.2 Å². The van der Waals surface area contributed by atoms with Crippen LogP contribution in [0.1, 0.15) is 31.6 Å². The largest absolute Gasteiger partial charge is 0.335 e. The average molecular weight is 191 g/mol. The Morgan fingerprint density at radius 1 is 1.50 bits per heavy atom. The van der Waals surface area contributed by atoms with Gasteiger partial charge in [-0.2, -0.15) is 4.98 Å². The van der Waals surface area contributed by atoms with Gasteiger partial charge in [0.2, 0.25) is 0 Å². The minimum Gasteiger partial charge on any atom is -0.335 e. The summed E-state index contributed by atoms with van der Waals surface area (Å²) in [5.41, 5.74) is 1.51. The molecule has 1 atom stereocenters. The van der Waals surface area contributed by atoms with E-state index in [9.17, 15) is 0 Å². The molecule has 1 saturated heterocycles. The smallest absolute Gasteiger partial charge is 0.253 e. The van der Waals surface area contributed by atoms with Crippen LogP contribution in [0.5, 0.6) is 0 Å². The van der Waals surface area contributed by atoms with Gasteiger partial charge in [-0.3, -0.25) is 0 Å². The van der Waals surface area contributed by atoms with E-state index in [4.69, 9.17) is 4.52 Å². The zero-order valence-corrected chi connectivity index (χ0v) is 7.99. The van der Waals surface area contributed by atoms with E-state index in [1.807, 2.05) is 0 Å². The van der Waals surface area contributed by atoms with E-state index in [1.54, 1.807) is 0 Å². The molecule has 3 rings (SSSR count). The van der Waals surface area contributed by atoms with Gasteiger partial charge in [-0.15, -0.1) is 0 Å². The lowest BCUT2D eigenvalue weighted by Gasteiger charge is -2.23. The van der Waals surface area contributed by atoms with Gasteiger partial charge in [0.25, 0.3) is 5.89 Å². The van der Waals surface area contributed by atoms with Crippen LogP contribution in [0.4, 0.5) is 0 Å². The Hall–Kier alpha value is -1.16. The molecule has 74 valence electrons. The van der Waals surface area contributed by atoms with E-state index < -0.39 is 0 Å². The first-order valence-electron chi connectivity index (χ1n) is 5.09. The minimum absolute atomic E-state index is 0.309. The summed E-state index contributed by atoms with van der Waals surface area (Å²) in [6, 6.07) is 0. The molecule has 1 fully saturated rings. The van der Waals surface area contributed by atoms with Crippen molar-refractivity contribution in [3.05, 3.63) is 18.3 Å². The molecule has 2 heterocycles. The standard InChI is InChI=1S/C10H13N3O/c1-3-10(12-5-1)4-2-8(6-10)9-11-7-13-14-9/h2,7,12H,1,3-6H2. The lowest BCUT2D eigenvalue weighted by atomic mass is 9.93.